The molecule has 0 spiro atoms. The van der Waals surface area contributed by atoms with Crippen molar-refractivity contribution in [2.24, 2.45) is 5.41 Å². The maximum Gasteiger partial charge on any atom is 0.410 e. The van der Waals surface area contributed by atoms with Crippen LogP contribution in [0.15, 0.2) is 48.8 Å². The standard InChI is InChI=1S/C35H43FN8O4/c1-34(2,3)48-33(45)44-18-28(36)30(35(4,5)21-44)47-29-11-6-23(16-24(29)17-37)31-38-22-39-32(41-31)40-25-7-9-26(10-8-25)42-12-14-43(15-13-42)27-19-46-20-27/h6-11,16,22,27-28,30H,12-15,18-21H2,1-5H3,(H,38,39,40,41)/t28-,30-/m1/s1. The number of likely N-dealkylation sites (tertiary alicyclic amines) is 1. The molecule has 13 heteroatoms. The minimum Gasteiger partial charge on any atom is -0.485 e. The van der Waals surface area contributed by atoms with E-state index in [2.05, 4.69) is 48.3 Å². The highest BCUT2D eigenvalue weighted by atomic mass is 19.1. The number of piperidine rings is 1. The number of rotatable bonds is 7. The Labute approximate surface area is 280 Å². The number of piperazine rings is 1. The van der Waals surface area contributed by atoms with Crippen molar-refractivity contribution in [3.8, 4) is 23.2 Å². The number of anilines is 3. The third kappa shape index (κ3) is 7.61. The molecule has 3 saturated heterocycles. The van der Waals surface area contributed by atoms with E-state index in [9.17, 15) is 10.1 Å². The molecule has 0 unspecified atom stereocenters. The van der Waals surface area contributed by atoms with Gasteiger partial charge in [-0.15, -0.1) is 0 Å². The molecule has 0 bridgehead atoms. The summed E-state index contributed by atoms with van der Waals surface area (Å²) in [5, 5.41) is 13.2. The molecule has 0 aliphatic carbocycles. The molecular formula is C35H43FN8O4. The molecule has 48 heavy (non-hydrogen) atoms. The highest BCUT2D eigenvalue weighted by Gasteiger charge is 2.47. The lowest BCUT2D eigenvalue weighted by Crippen LogP contribution is -2.59. The molecule has 4 heterocycles. The maximum atomic E-state index is 15.5. The highest BCUT2D eigenvalue weighted by molar-refractivity contribution is 5.68. The van der Waals surface area contributed by atoms with Crippen LogP contribution in [0.3, 0.4) is 0 Å². The number of hydrogen-bond donors (Lipinski definition) is 1. The topological polar surface area (TPSA) is 129 Å². The SMILES string of the molecule is CC(C)(C)OC(=O)N1C[C@@H](F)[C@@H](Oc2ccc(-c3ncnc(Nc4ccc(N5CCN(C6COC6)CC5)cc4)n3)cc2C#N)C(C)(C)C1. The van der Waals surface area contributed by atoms with Crippen LogP contribution in [0.5, 0.6) is 5.75 Å². The fourth-order valence-electron chi connectivity index (χ4n) is 6.30. The van der Waals surface area contributed by atoms with E-state index in [-0.39, 0.29) is 24.4 Å². The van der Waals surface area contributed by atoms with Gasteiger partial charge in [-0.25, -0.2) is 19.2 Å². The molecule has 2 aromatic carbocycles. The molecule has 3 aliphatic heterocycles. The first kappa shape index (κ1) is 33.4. The Balaban J connectivity index is 1.09. The number of aromatic nitrogens is 3. The summed E-state index contributed by atoms with van der Waals surface area (Å²) >= 11 is 0. The van der Waals surface area contributed by atoms with Gasteiger partial charge in [-0.1, -0.05) is 13.8 Å². The normalized spacial score (nSPS) is 21.6. The fraction of sp³-hybridized carbons (Fsp3) is 0.514. The minimum atomic E-state index is -1.49. The van der Waals surface area contributed by atoms with Gasteiger partial charge in [0.1, 0.15) is 29.9 Å². The number of alkyl halides is 1. The van der Waals surface area contributed by atoms with E-state index < -0.39 is 29.4 Å². The summed E-state index contributed by atoms with van der Waals surface area (Å²) < 4.78 is 32.5. The van der Waals surface area contributed by atoms with Gasteiger partial charge >= 0.3 is 6.09 Å². The van der Waals surface area contributed by atoms with E-state index >= 15 is 4.39 Å². The van der Waals surface area contributed by atoms with Crippen molar-refractivity contribution in [2.45, 2.75) is 58.5 Å². The van der Waals surface area contributed by atoms with Crippen molar-refractivity contribution in [3.05, 3.63) is 54.4 Å². The minimum absolute atomic E-state index is 0.167. The summed E-state index contributed by atoms with van der Waals surface area (Å²) in [4.78, 5) is 32.1. The summed E-state index contributed by atoms with van der Waals surface area (Å²) in [6.07, 6.45) is -1.53. The number of carbonyl (C=O) groups is 1. The zero-order valence-corrected chi connectivity index (χ0v) is 28.1. The summed E-state index contributed by atoms with van der Waals surface area (Å²) in [7, 11) is 0. The number of ether oxygens (including phenoxy) is 3. The number of halogens is 1. The Bertz CT molecular complexity index is 1650. The van der Waals surface area contributed by atoms with Gasteiger partial charge < -0.3 is 29.3 Å². The Hall–Kier alpha value is -4.54. The van der Waals surface area contributed by atoms with E-state index in [0.29, 0.717) is 23.4 Å². The van der Waals surface area contributed by atoms with Crippen LogP contribution < -0.4 is 15.0 Å². The van der Waals surface area contributed by atoms with Gasteiger partial charge in [-0.2, -0.15) is 10.2 Å². The molecule has 2 atom stereocenters. The van der Waals surface area contributed by atoms with E-state index in [1.54, 1.807) is 39.0 Å². The summed E-state index contributed by atoms with van der Waals surface area (Å²) in [5.41, 5.74) is 1.37. The van der Waals surface area contributed by atoms with E-state index in [1.807, 2.05) is 26.0 Å². The van der Waals surface area contributed by atoms with E-state index in [4.69, 9.17) is 14.2 Å². The van der Waals surface area contributed by atoms with Crippen LogP contribution in [0.25, 0.3) is 11.4 Å². The number of carbonyl (C=O) groups excluding carboxylic acids is 1. The van der Waals surface area contributed by atoms with Crippen LogP contribution in [0, 0.1) is 16.7 Å². The number of amides is 1. The fourth-order valence-corrected chi connectivity index (χ4v) is 6.30. The summed E-state index contributed by atoms with van der Waals surface area (Å²) in [6.45, 7) is 14.8. The second-order valence-electron chi connectivity index (χ2n) is 14.2. The van der Waals surface area contributed by atoms with Crippen LogP contribution in [-0.2, 0) is 9.47 Å². The predicted molar refractivity (Wildman–Crippen MR) is 179 cm³/mol. The van der Waals surface area contributed by atoms with Crippen LogP contribution in [0.2, 0.25) is 0 Å². The Morgan fingerprint density at radius 1 is 1.08 bits per heavy atom. The molecule has 0 saturated carbocycles. The van der Waals surface area contributed by atoms with Gasteiger partial charge in [0, 0.05) is 55.1 Å². The molecule has 0 radical (unpaired) electrons. The smallest absolute Gasteiger partial charge is 0.410 e. The molecule has 3 aliphatic rings. The molecule has 1 N–H and O–H groups in total. The second-order valence-corrected chi connectivity index (χ2v) is 14.2. The third-order valence-corrected chi connectivity index (χ3v) is 8.87. The van der Waals surface area contributed by atoms with Crippen LogP contribution in [0.1, 0.15) is 40.2 Å². The lowest BCUT2D eigenvalue weighted by Gasteiger charge is -2.45. The Morgan fingerprint density at radius 3 is 2.44 bits per heavy atom. The lowest BCUT2D eigenvalue weighted by molar-refractivity contribution is -0.0683. The largest absolute Gasteiger partial charge is 0.485 e. The van der Waals surface area contributed by atoms with Crippen LogP contribution in [0.4, 0.5) is 26.5 Å². The van der Waals surface area contributed by atoms with Gasteiger partial charge in [0.25, 0.3) is 0 Å². The predicted octanol–water partition coefficient (Wildman–Crippen LogP) is 5.04. The molecule has 1 aromatic heterocycles. The van der Waals surface area contributed by atoms with Gasteiger partial charge in [0.05, 0.1) is 31.4 Å². The first-order chi connectivity index (χ1) is 22.9. The van der Waals surface area contributed by atoms with Crippen molar-refractivity contribution in [1.82, 2.24) is 24.8 Å². The summed E-state index contributed by atoms with van der Waals surface area (Å²) in [5.74, 6) is 0.983. The Kier molecular flexibility index (Phi) is 9.40. The average molecular weight is 659 g/mol. The van der Waals surface area contributed by atoms with Crippen molar-refractivity contribution < 1.29 is 23.4 Å². The first-order valence-corrected chi connectivity index (χ1v) is 16.3. The average Bonchev–Trinajstić information content (AvgIpc) is 3.02. The summed E-state index contributed by atoms with van der Waals surface area (Å²) in [6, 6.07) is 15.9. The zero-order valence-electron chi connectivity index (χ0n) is 28.1. The maximum absolute atomic E-state index is 15.5. The molecule has 1 amide bonds. The van der Waals surface area contributed by atoms with Gasteiger partial charge in [-0.05, 0) is 63.2 Å². The zero-order chi connectivity index (χ0) is 34.1. The number of hydrogen-bond acceptors (Lipinski definition) is 11. The number of nitrogens with zero attached hydrogens (tertiary/aromatic N) is 7. The van der Waals surface area contributed by atoms with Gasteiger partial charge in [0.15, 0.2) is 12.0 Å². The first-order valence-electron chi connectivity index (χ1n) is 16.3. The molecule has 3 fully saturated rings. The quantitative estimate of drug-likeness (QED) is 0.367. The van der Waals surface area contributed by atoms with Gasteiger partial charge in [0.2, 0.25) is 5.95 Å². The van der Waals surface area contributed by atoms with Gasteiger partial charge in [-0.3, -0.25) is 4.90 Å². The number of nitrogens with one attached hydrogen (secondary N) is 1. The van der Waals surface area contributed by atoms with E-state index in [0.717, 1.165) is 45.1 Å². The van der Waals surface area contributed by atoms with Crippen LogP contribution >= 0.6 is 0 Å². The third-order valence-electron chi connectivity index (χ3n) is 8.87. The molecule has 254 valence electrons. The molecule has 6 rings (SSSR count). The van der Waals surface area contributed by atoms with E-state index in [1.165, 1.54) is 16.9 Å². The Morgan fingerprint density at radius 2 is 1.81 bits per heavy atom. The highest BCUT2D eigenvalue weighted by Crippen LogP contribution is 2.37. The molecular weight excluding hydrogens is 615 g/mol. The van der Waals surface area contributed by atoms with Crippen molar-refractivity contribution >= 4 is 23.4 Å². The number of benzene rings is 2. The molecule has 3 aromatic rings. The van der Waals surface area contributed by atoms with Crippen molar-refractivity contribution in [3.63, 3.8) is 0 Å². The molecule has 12 nitrogen and oxygen atoms in total. The van der Waals surface area contributed by atoms with Crippen LogP contribution in [-0.4, -0.2) is 107 Å². The lowest BCUT2D eigenvalue weighted by atomic mass is 9.80. The number of nitriles is 1. The second kappa shape index (κ2) is 13.5. The monoisotopic (exact) mass is 658 g/mol. The van der Waals surface area contributed by atoms with Crippen molar-refractivity contribution in [1.29, 1.82) is 5.26 Å². The van der Waals surface area contributed by atoms with Crippen molar-refractivity contribution in [2.75, 3.05) is 62.7 Å².